The molecule has 0 atom stereocenters. The number of esters is 1. The van der Waals surface area contributed by atoms with Crippen LogP contribution in [0.5, 0.6) is 5.75 Å². The van der Waals surface area contributed by atoms with Crippen molar-refractivity contribution in [2.45, 2.75) is 25.7 Å². The number of rotatable bonds is 6. The van der Waals surface area contributed by atoms with Crippen LogP contribution in [0.2, 0.25) is 0 Å². The van der Waals surface area contributed by atoms with E-state index in [1.807, 2.05) is 6.07 Å². The summed E-state index contributed by atoms with van der Waals surface area (Å²) in [6.07, 6.45) is 1.58. The predicted molar refractivity (Wildman–Crippen MR) is 93.7 cm³/mol. The maximum atomic E-state index is 12.0. The molecule has 1 saturated heterocycles. The minimum absolute atomic E-state index is 0.0279. The summed E-state index contributed by atoms with van der Waals surface area (Å²) in [5, 5.41) is 0. The van der Waals surface area contributed by atoms with Gasteiger partial charge in [0.15, 0.2) is 5.78 Å². The van der Waals surface area contributed by atoms with Crippen LogP contribution in [0, 0.1) is 0 Å². The van der Waals surface area contributed by atoms with Crippen molar-refractivity contribution in [1.82, 2.24) is 0 Å². The van der Waals surface area contributed by atoms with Gasteiger partial charge in [-0.2, -0.15) is 0 Å². The van der Waals surface area contributed by atoms with Crippen molar-refractivity contribution in [2.75, 3.05) is 11.4 Å². The van der Waals surface area contributed by atoms with E-state index < -0.39 is 5.97 Å². The highest BCUT2D eigenvalue weighted by molar-refractivity contribution is 5.97. The number of ether oxygens (including phenoxy) is 1. The minimum Gasteiger partial charge on any atom is -0.427 e. The molecule has 1 aliphatic rings. The van der Waals surface area contributed by atoms with Gasteiger partial charge >= 0.3 is 5.97 Å². The summed E-state index contributed by atoms with van der Waals surface area (Å²) in [5.41, 5.74) is 1.40. The smallest absolute Gasteiger partial charge is 0.311 e. The van der Waals surface area contributed by atoms with Crippen molar-refractivity contribution in [3.05, 3.63) is 60.2 Å². The molecule has 5 heteroatoms. The first kappa shape index (κ1) is 16.9. The van der Waals surface area contributed by atoms with Crippen molar-refractivity contribution in [3.63, 3.8) is 0 Å². The SMILES string of the molecule is O=C(CCC(=O)c1ccccc1)Oc1ccc(N2CCCC2=O)cc1. The number of carbonyl (C=O) groups is 3. The van der Waals surface area contributed by atoms with Gasteiger partial charge in [0.2, 0.25) is 5.91 Å². The maximum Gasteiger partial charge on any atom is 0.311 e. The van der Waals surface area contributed by atoms with Crippen molar-refractivity contribution in [2.24, 2.45) is 0 Å². The van der Waals surface area contributed by atoms with Crippen molar-refractivity contribution in [1.29, 1.82) is 0 Å². The number of benzene rings is 2. The van der Waals surface area contributed by atoms with Crippen LogP contribution >= 0.6 is 0 Å². The van der Waals surface area contributed by atoms with Gasteiger partial charge in [0.1, 0.15) is 5.75 Å². The van der Waals surface area contributed by atoms with E-state index in [0.717, 1.165) is 18.7 Å². The van der Waals surface area contributed by atoms with E-state index in [2.05, 4.69) is 0 Å². The van der Waals surface area contributed by atoms with E-state index in [9.17, 15) is 14.4 Å². The lowest BCUT2D eigenvalue weighted by atomic mass is 10.1. The number of ketones is 1. The molecule has 0 unspecified atom stereocenters. The van der Waals surface area contributed by atoms with Gasteiger partial charge in [-0.3, -0.25) is 14.4 Å². The van der Waals surface area contributed by atoms with Crippen molar-refractivity contribution < 1.29 is 19.1 Å². The number of nitrogens with zero attached hydrogens (tertiary/aromatic N) is 1. The molecule has 1 aliphatic heterocycles. The Morgan fingerprint density at radius 1 is 0.960 bits per heavy atom. The second kappa shape index (κ2) is 7.75. The van der Waals surface area contributed by atoms with Gasteiger partial charge < -0.3 is 9.64 Å². The Bertz CT molecular complexity index is 768. The summed E-state index contributed by atoms with van der Waals surface area (Å²) in [4.78, 5) is 37.3. The van der Waals surface area contributed by atoms with E-state index >= 15 is 0 Å². The number of hydrogen-bond acceptors (Lipinski definition) is 4. The Morgan fingerprint density at radius 3 is 2.32 bits per heavy atom. The highest BCUT2D eigenvalue weighted by Crippen LogP contribution is 2.24. The summed E-state index contributed by atoms with van der Waals surface area (Å²) in [6.45, 7) is 0.722. The molecule has 1 amide bonds. The molecule has 0 aromatic heterocycles. The number of amides is 1. The standard InChI is InChI=1S/C20H19NO4/c22-18(15-5-2-1-3-6-15)12-13-20(24)25-17-10-8-16(9-11-17)21-14-4-7-19(21)23/h1-3,5-6,8-11H,4,7,12-14H2. The van der Waals surface area contributed by atoms with Crippen LogP contribution in [0.15, 0.2) is 54.6 Å². The Balaban J connectivity index is 1.51. The van der Waals surface area contributed by atoms with Gasteiger partial charge in [0, 0.05) is 30.6 Å². The quantitative estimate of drug-likeness (QED) is 0.460. The van der Waals surface area contributed by atoms with Gasteiger partial charge in [0.05, 0.1) is 6.42 Å². The first-order valence-electron chi connectivity index (χ1n) is 8.33. The zero-order valence-electron chi connectivity index (χ0n) is 13.8. The van der Waals surface area contributed by atoms with E-state index in [4.69, 9.17) is 4.74 Å². The van der Waals surface area contributed by atoms with E-state index in [-0.39, 0.29) is 24.5 Å². The van der Waals surface area contributed by atoms with Gasteiger partial charge in [-0.1, -0.05) is 30.3 Å². The van der Waals surface area contributed by atoms with Crippen LogP contribution < -0.4 is 9.64 Å². The van der Waals surface area contributed by atoms with Crippen molar-refractivity contribution >= 4 is 23.3 Å². The molecule has 3 rings (SSSR count). The second-order valence-corrected chi connectivity index (χ2v) is 5.91. The fraction of sp³-hybridized carbons (Fsp3) is 0.250. The Labute approximate surface area is 146 Å². The molecule has 25 heavy (non-hydrogen) atoms. The van der Waals surface area contributed by atoms with Crippen LogP contribution in [-0.4, -0.2) is 24.2 Å². The lowest BCUT2D eigenvalue weighted by Gasteiger charge is -2.15. The highest BCUT2D eigenvalue weighted by Gasteiger charge is 2.21. The zero-order valence-corrected chi connectivity index (χ0v) is 13.8. The molecule has 1 fully saturated rings. The summed E-state index contributed by atoms with van der Waals surface area (Å²) < 4.78 is 5.25. The van der Waals surface area contributed by atoms with Crippen molar-refractivity contribution in [3.8, 4) is 5.75 Å². The van der Waals surface area contributed by atoms with E-state index in [0.29, 0.717) is 17.7 Å². The molecule has 0 bridgehead atoms. The molecule has 128 valence electrons. The molecule has 2 aromatic carbocycles. The number of Topliss-reactive ketones (excluding diaryl/α,β-unsaturated/α-hetero) is 1. The average Bonchev–Trinajstić information content (AvgIpc) is 3.07. The Kier molecular flexibility index (Phi) is 5.23. The van der Waals surface area contributed by atoms with Gasteiger partial charge in [-0.25, -0.2) is 0 Å². The molecule has 0 N–H and O–H groups in total. The minimum atomic E-state index is -0.450. The topological polar surface area (TPSA) is 63.7 Å². The Hall–Kier alpha value is -2.95. The zero-order chi connectivity index (χ0) is 17.6. The molecule has 5 nitrogen and oxygen atoms in total. The van der Waals surface area contributed by atoms with Gasteiger partial charge in [0.25, 0.3) is 0 Å². The predicted octanol–water partition coefficient (Wildman–Crippen LogP) is 3.38. The summed E-state index contributed by atoms with van der Waals surface area (Å²) in [6, 6.07) is 15.7. The average molecular weight is 337 g/mol. The molecule has 0 radical (unpaired) electrons. The highest BCUT2D eigenvalue weighted by atomic mass is 16.5. The number of anilines is 1. The lowest BCUT2D eigenvalue weighted by molar-refractivity contribution is -0.134. The number of carbonyl (C=O) groups excluding carboxylic acids is 3. The first-order valence-corrected chi connectivity index (χ1v) is 8.33. The third-order valence-corrected chi connectivity index (χ3v) is 4.11. The van der Waals surface area contributed by atoms with Gasteiger partial charge in [-0.15, -0.1) is 0 Å². The third-order valence-electron chi connectivity index (χ3n) is 4.11. The van der Waals surface area contributed by atoms with E-state index in [1.165, 1.54) is 0 Å². The van der Waals surface area contributed by atoms with Crippen LogP contribution in [0.25, 0.3) is 0 Å². The summed E-state index contributed by atoms with van der Waals surface area (Å²) in [7, 11) is 0. The first-order chi connectivity index (χ1) is 12.1. The summed E-state index contributed by atoms with van der Waals surface area (Å²) in [5.74, 6) is -0.00792. The molecule has 0 spiro atoms. The van der Waals surface area contributed by atoms with Crippen LogP contribution in [0.3, 0.4) is 0 Å². The molecule has 0 saturated carbocycles. The fourth-order valence-electron chi connectivity index (χ4n) is 2.78. The van der Waals surface area contributed by atoms with Crippen LogP contribution in [-0.2, 0) is 9.59 Å². The summed E-state index contributed by atoms with van der Waals surface area (Å²) >= 11 is 0. The fourth-order valence-corrected chi connectivity index (χ4v) is 2.78. The number of hydrogen-bond donors (Lipinski definition) is 0. The molecular formula is C20H19NO4. The monoisotopic (exact) mass is 337 g/mol. The molecule has 1 heterocycles. The molecular weight excluding hydrogens is 318 g/mol. The third kappa shape index (κ3) is 4.32. The van der Waals surface area contributed by atoms with Gasteiger partial charge in [-0.05, 0) is 30.7 Å². The van der Waals surface area contributed by atoms with Crippen LogP contribution in [0.1, 0.15) is 36.0 Å². The van der Waals surface area contributed by atoms with Crippen LogP contribution in [0.4, 0.5) is 5.69 Å². The van der Waals surface area contributed by atoms with E-state index in [1.54, 1.807) is 53.4 Å². The largest absolute Gasteiger partial charge is 0.427 e. The lowest BCUT2D eigenvalue weighted by Crippen LogP contribution is -2.23. The molecule has 0 aliphatic carbocycles. The molecule has 2 aromatic rings. The normalized spacial score (nSPS) is 13.8. The maximum absolute atomic E-state index is 12.0. The second-order valence-electron chi connectivity index (χ2n) is 5.91. The Morgan fingerprint density at radius 2 is 1.68 bits per heavy atom.